The van der Waals surface area contributed by atoms with Crippen LogP contribution < -0.4 is 9.61 Å². The molecule has 0 spiro atoms. The Bertz CT molecular complexity index is 748. The number of phenolic OH excluding ortho intramolecular Hbond substituents is 1. The lowest BCUT2D eigenvalue weighted by Crippen LogP contribution is -2.21. The van der Waals surface area contributed by atoms with Gasteiger partial charge in [0.15, 0.2) is 0 Å². The van der Waals surface area contributed by atoms with Crippen molar-refractivity contribution in [3.05, 3.63) is 64.7 Å². The number of benzene rings is 2. The van der Waals surface area contributed by atoms with E-state index >= 15 is 0 Å². The van der Waals surface area contributed by atoms with E-state index in [9.17, 15) is 14.9 Å². The Balaban J connectivity index is 0.000000502. The van der Waals surface area contributed by atoms with Gasteiger partial charge in [0, 0.05) is 12.1 Å². The number of hydrogen-bond donors (Lipinski definition) is 2. The lowest BCUT2D eigenvalue weighted by molar-refractivity contribution is -0.384. The molecule has 8 nitrogen and oxygen atoms in total. The minimum Gasteiger partial charge on any atom is -0.508 e. The highest BCUT2D eigenvalue weighted by Crippen LogP contribution is 2.21. The van der Waals surface area contributed by atoms with Gasteiger partial charge in [0.25, 0.3) is 5.69 Å². The predicted octanol–water partition coefficient (Wildman–Crippen LogP) is 4.44. The Morgan fingerprint density at radius 3 is 2.24 bits per heavy atom. The molecule has 2 aromatic carbocycles. The molecule has 0 aliphatic rings. The molecule has 0 aliphatic carbocycles. The van der Waals surface area contributed by atoms with Crippen LogP contribution in [0, 0.1) is 15.5 Å². The predicted molar refractivity (Wildman–Crippen MR) is 113 cm³/mol. The fourth-order valence-electron chi connectivity index (χ4n) is 1.79. The van der Waals surface area contributed by atoms with Crippen molar-refractivity contribution in [3.63, 3.8) is 0 Å². The molecule has 0 fully saturated rings. The van der Waals surface area contributed by atoms with E-state index in [1.807, 2.05) is 6.07 Å². The Kier molecular flexibility index (Phi) is 10.7. The fourth-order valence-corrected chi connectivity index (χ4v) is 2.33. The van der Waals surface area contributed by atoms with Crippen molar-refractivity contribution >= 4 is 20.6 Å². The smallest absolute Gasteiger partial charge is 0.320 e. The number of phenols is 1. The van der Waals surface area contributed by atoms with Crippen LogP contribution in [-0.4, -0.2) is 29.2 Å². The number of non-ortho nitro benzene ring substituents is 1. The van der Waals surface area contributed by atoms with Crippen molar-refractivity contribution in [2.45, 2.75) is 27.2 Å². The molecule has 158 valence electrons. The van der Waals surface area contributed by atoms with Crippen LogP contribution in [0.25, 0.3) is 0 Å². The second-order valence-electron chi connectivity index (χ2n) is 7.18. The molecule has 2 rings (SSSR count). The minimum atomic E-state index is -0.474. The number of carbonyl (C=O) groups excluding carboxylic acids is 1. The summed E-state index contributed by atoms with van der Waals surface area (Å²) in [5.41, 5.74) is 0.139. The normalized spacial score (nSPS) is 10.9. The Labute approximate surface area is 172 Å². The largest absolute Gasteiger partial charge is 0.508 e. The summed E-state index contributed by atoms with van der Waals surface area (Å²) in [6.07, 6.45) is 0.806. The van der Waals surface area contributed by atoms with E-state index in [1.54, 1.807) is 24.3 Å². The summed E-state index contributed by atoms with van der Waals surface area (Å²) >= 11 is 0. The highest BCUT2D eigenvalue weighted by Gasteiger charge is 2.11. The van der Waals surface area contributed by atoms with Crippen LogP contribution >= 0.6 is 8.96 Å². The average Bonchev–Trinajstić information content (AvgIpc) is 2.66. The molecule has 0 heterocycles. The number of ether oxygens (including phenoxy) is 1. The van der Waals surface area contributed by atoms with Gasteiger partial charge in [0.2, 0.25) is 0 Å². The summed E-state index contributed by atoms with van der Waals surface area (Å²) in [5, 5.41) is 21.9. The van der Waals surface area contributed by atoms with Crippen LogP contribution in [0.3, 0.4) is 0 Å². The third-order valence-corrected chi connectivity index (χ3v) is 4.05. The number of rotatable bonds is 8. The zero-order valence-electron chi connectivity index (χ0n) is 16.8. The summed E-state index contributed by atoms with van der Waals surface area (Å²) in [4.78, 5) is 21.5. The van der Waals surface area contributed by atoms with Gasteiger partial charge in [-0.05, 0) is 36.1 Å². The number of nitro groups is 1. The molecule has 2 N–H and O–H groups in total. The number of nitrogens with zero attached hydrogens (tertiary/aromatic N) is 1. The maximum Gasteiger partial charge on any atom is 0.320 e. The molecule has 9 heteroatoms. The first-order valence-corrected chi connectivity index (χ1v) is 9.87. The number of para-hydroxylation sites is 1. The third kappa shape index (κ3) is 12.4. The van der Waals surface area contributed by atoms with E-state index in [2.05, 4.69) is 25.9 Å². The van der Waals surface area contributed by atoms with Crippen LogP contribution in [0.4, 0.5) is 5.69 Å². The highest BCUT2D eigenvalue weighted by molar-refractivity contribution is 7.30. The second-order valence-corrected chi connectivity index (χ2v) is 7.94. The Morgan fingerprint density at radius 2 is 1.76 bits per heavy atom. The summed E-state index contributed by atoms with van der Waals surface area (Å²) in [7, 11) is -0.133. The first-order chi connectivity index (χ1) is 13.7. The van der Waals surface area contributed by atoms with Crippen molar-refractivity contribution in [2.75, 3.05) is 13.2 Å². The molecule has 0 amide bonds. The SMILES string of the molecule is CC(C)(C)CCOC(=O)CNPOc1ccc([N+](=O)[O-])cc1.Oc1ccccc1. The summed E-state index contributed by atoms with van der Waals surface area (Å²) in [6, 6.07) is 14.5. The summed E-state index contributed by atoms with van der Waals surface area (Å²) in [6.45, 7) is 6.71. The zero-order chi connectivity index (χ0) is 21.7. The first kappa shape index (κ1) is 24.3. The number of hydrogen-bond acceptors (Lipinski definition) is 7. The highest BCUT2D eigenvalue weighted by atomic mass is 31.1. The molecule has 1 unspecified atom stereocenters. The van der Waals surface area contributed by atoms with Gasteiger partial charge in [-0.25, -0.2) is 0 Å². The van der Waals surface area contributed by atoms with Crippen LogP contribution in [0.1, 0.15) is 27.2 Å². The standard InChI is InChI=1S/C14H21N2O5P.C6H6O/c1-14(2,3)8-9-20-13(17)10-15-22-21-12-6-4-11(5-7-12)16(18)19;7-6-4-2-1-3-5-6/h4-7,15,22H,8-10H2,1-3H3;1-5,7H. The number of esters is 1. The van der Waals surface area contributed by atoms with E-state index < -0.39 is 4.92 Å². The molecule has 0 saturated carbocycles. The third-order valence-electron chi connectivity index (χ3n) is 3.39. The van der Waals surface area contributed by atoms with Crippen molar-refractivity contribution in [3.8, 4) is 11.5 Å². The van der Waals surface area contributed by atoms with Crippen LogP contribution in [0.5, 0.6) is 11.5 Å². The maximum atomic E-state index is 11.4. The molecule has 0 radical (unpaired) electrons. The van der Waals surface area contributed by atoms with Crippen molar-refractivity contribution in [1.29, 1.82) is 0 Å². The van der Waals surface area contributed by atoms with Crippen molar-refractivity contribution in [2.24, 2.45) is 5.41 Å². The monoisotopic (exact) mass is 422 g/mol. The van der Waals surface area contributed by atoms with Crippen LogP contribution in [-0.2, 0) is 9.53 Å². The molecule has 0 aromatic heterocycles. The second kappa shape index (κ2) is 12.7. The van der Waals surface area contributed by atoms with E-state index in [-0.39, 0.29) is 32.6 Å². The maximum absolute atomic E-state index is 11.4. The van der Waals surface area contributed by atoms with Gasteiger partial charge in [0.1, 0.15) is 20.5 Å². The molecule has 0 bridgehead atoms. The minimum absolute atomic E-state index is 0.00562. The van der Waals surface area contributed by atoms with Crippen molar-refractivity contribution < 1.29 is 24.1 Å². The quantitative estimate of drug-likeness (QED) is 0.213. The van der Waals surface area contributed by atoms with E-state index in [0.29, 0.717) is 18.1 Å². The van der Waals surface area contributed by atoms with Gasteiger partial charge in [-0.2, -0.15) is 0 Å². The van der Waals surface area contributed by atoms with Crippen molar-refractivity contribution in [1.82, 2.24) is 5.09 Å². The van der Waals surface area contributed by atoms with Crippen LogP contribution in [0.15, 0.2) is 54.6 Å². The van der Waals surface area contributed by atoms with E-state index in [4.69, 9.17) is 14.4 Å². The zero-order valence-corrected chi connectivity index (χ0v) is 17.8. The van der Waals surface area contributed by atoms with Crippen LogP contribution in [0.2, 0.25) is 0 Å². The molecular weight excluding hydrogens is 395 g/mol. The Hall–Kier alpha value is -2.70. The summed E-state index contributed by atoms with van der Waals surface area (Å²) < 4.78 is 10.4. The number of carbonyl (C=O) groups is 1. The van der Waals surface area contributed by atoms with Gasteiger partial charge >= 0.3 is 5.97 Å². The van der Waals surface area contributed by atoms with E-state index in [0.717, 1.165) is 6.42 Å². The lowest BCUT2D eigenvalue weighted by atomic mass is 9.93. The lowest BCUT2D eigenvalue weighted by Gasteiger charge is -2.17. The summed E-state index contributed by atoms with van der Waals surface area (Å²) in [5.74, 6) is 0.490. The van der Waals surface area contributed by atoms with Gasteiger partial charge in [0.05, 0.1) is 18.1 Å². The number of aromatic hydroxyl groups is 1. The number of nitro benzene ring substituents is 1. The molecule has 29 heavy (non-hydrogen) atoms. The van der Waals surface area contributed by atoms with E-state index in [1.165, 1.54) is 24.3 Å². The fraction of sp³-hybridized carbons (Fsp3) is 0.350. The first-order valence-electron chi connectivity index (χ1n) is 8.96. The molecular formula is C20H27N2O6P. The van der Waals surface area contributed by atoms with Gasteiger partial charge < -0.3 is 14.4 Å². The average molecular weight is 422 g/mol. The molecule has 1 atom stereocenters. The molecule has 0 saturated heterocycles. The Morgan fingerprint density at radius 1 is 1.14 bits per heavy atom. The van der Waals surface area contributed by atoms with Gasteiger partial charge in [-0.1, -0.05) is 39.0 Å². The topological polar surface area (TPSA) is 111 Å². The molecule has 2 aromatic rings. The van der Waals surface area contributed by atoms with Gasteiger partial charge in [-0.15, -0.1) is 0 Å². The van der Waals surface area contributed by atoms with Gasteiger partial charge in [-0.3, -0.25) is 20.0 Å². The molecule has 0 aliphatic heterocycles. The number of nitrogens with one attached hydrogen (secondary N) is 1.